The number of fused-ring (bicyclic) bond motifs is 1. The molecule has 4 heterocycles. The van der Waals surface area contributed by atoms with Crippen molar-refractivity contribution in [1.82, 2.24) is 25.2 Å². The van der Waals surface area contributed by atoms with Crippen molar-refractivity contribution in [3.63, 3.8) is 0 Å². The first-order chi connectivity index (χ1) is 19.7. The second-order valence-corrected chi connectivity index (χ2v) is 12.3. The topological polar surface area (TPSA) is 108 Å². The van der Waals surface area contributed by atoms with Crippen LogP contribution in [0.3, 0.4) is 0 Å². The maximum absolute atomic E-state index is 13.6. The molecule has 0 bridgehead atoms. The molecule has 0 aliphatic carbocycles. The Bertz CT molecular complexity index is 1170. The SMILES string of the molecule is CCC1OC(OCc2cn(C[C@H]3C[C@H]4CC[C@@H](C)N4C(=O)[C@H]3NC(=O)OCc3ccccc3)nn2)C(C)C(C)C1C. The number of piperidine rings is 1. The minimum absolute atomic E-state index is 0.0474. The second kappa shape index (κ2) is 12.9. The van der Waals surface area contributed by atoms with Crippen LogP contribution in [-0.2, 0) is 38.8 Å². The maximum atomic E-state index is 13.6. The molecule has 0 saturated carbocycles. The Morgan fingerprint density at radius 1 is 1.07 bits per heavy atom. The highest BCUT2D eigenvalue weighted by Gasteiger charge is 2.47. The van der Waals surface area contributed by atoms with Crippen LogP contribution in [0.15, 0.2) is 36.5 Å². The molecule has 0 radical (unpaired) electrons. The van der Waals surface area contributed by atoms with Crippen molar-refractivity contribution in [3.8, 4) is 0 Å². The summed E-state index contributed by atoms with van der Waals surface area (Å²) in [6, 6.07) is 9.15. The smallest absolute Gasteiger partial charge is 0.408 e. The van der Waals surface area contributed by atoms with E-state index in [2.05, 4.69) is 50.2 Å². The van der Waals surface area contributed by atoms with E-state index in [9.17, 15) is 9.59 Å². The fourth-order valence-electron chi connectivity index (χ4n) is 6.85. The standard InChI is InChI=1S/C31H45N5O5/c1-6-27-21(4)20(3)22(5)30(41-27)39-18-25-16-35(34-33-25)15-24-14-26-13-12-19(2)36(26)29(37)28(24)32-31(38)40-17-23-10-8-7-9-11-23/h7-11,16,19-22,24,26-28,30H,6,12-15,17-18H2,1-5H3,(H,32,38)/t19-,20?,21?,22?,24-,26-,27?,28+,30?/m1/s1. The van der Waals surface area contributed by atoms with E-state index in [1.807, 2.05) is 41.4 Å². The number of alkyl carbamates (subject to hydrolysis) is 1. The summed E-state index contributed by atoms with van der Waals surface area (Å²) in [5.74, 6) is 1.09. The van der Waals surface area contributed by atoms with Crippen LogP contribution < -0.4 is 5.32 Å². The van der Waals surface area contributed by atoms with Gasteiger partial charge in [-0.05, 0) is 50.0 Å². The molecule has 3 aliphatic rings. The molecule has 2 amide bonds. The third-order valence-corrected chi connectivity index (χ3v) is 9.63. The van der Waals surface area contributed by atoms with Crippen LogP contribution in [0.4, 0.5) is 4.79 Å². The molecule has 3 aliphatic heterocycles. The molecule has 10 nitrogen and oxygen atoms in total. The average Bonchev–Trinajstić information content (AvgIpc) is 3.58. The first-order valence-electron chi connectivity index (χ1n) is 15.2. The minimum Gasteiger partial charge on any atom is -0.445 e. The zero-order valence-electron chi connectivity index (χ0n) is 24.9. The number of hydrogen-bond donors (Lipinski definition) is 1. The molecule has 224 valence electrons. The highest BCUT2D eigenvalue weighted by atomic mass is 16.7. The third-order valence-electron chi connectivity index (χ3n) is 9.63. The largest absolute Gasteiger partial charge is 0.445 e. The van der Waals surface area contributed by atoms with Crippen LogP contribution in [0.1, 0.15) is 71.6 Å². The third kappa shape index (κ3) is 6.59. The van der Waals surface area contributed by atoms with Crippen LogP contribution in [0.2, 0.25) is 0 Å². The van der Waals surface area contributed by atoms with Gasteiger partial charge in [0.2, 0.25) is 5.91 Å². The summed E-state index contributed by atoms with van der Waals surface area (Å²) >= 11 is 0. The summed E-state index contributed by atoms with van der Waals surface area (Å²) in [5, 5.41) is 11.6. The Morgan fingerprint density at radius 3 is 2.61 bits per heavy atom. The zero-order valence-corrected chi connectivity index (χ0v) is 24.9. The molecule has 0 spiro atoms. The van der Waals surface area contributed by atoms with Gasteiger partial charge in [0.25, 0.3) is 0 Å². The average molecular weight is 568 g/mol. The van der Waals surface area contributed by atoms with Crippen molar-refractivity contribution in [2.75, 3.05) is 0 Å². The van der Waals surface area contributed by atoms with Gasteiger partial charge in [-0.3, -0.25) is 9.48 Å². The van der Waals surface area contributed by atoms with Gasteiger partial charge in [0.15, 0.2) is 6.29 Å². The molecule has 10 heteroatoms. The number of carbonyl (C=O) groups is 2. The van der Waals surface area contributed by atoms with Crippen LogP contribution >= 0.6 is 0 Å². The number of aromatic nitrogens is 3. The van der Waals surface area contributed by atoms with Gasteiger partial charge < -0.3 is 24.4 Å². The molecule has 5 unspecified atom stereocenters. The van der Waals surface area contributed by atoms with Gasteiger partial charge in [-0.1, -0.05) is 63.2 Å². The maximum Gasteiger partial charge on any atom is 0.408 e. The van der Waals surface area contributed by atoms with Gasteiger partial charge in [0.05, 0.1) is 18.9 Å². The van der Waals surface area contributed by atoms with Crippen molar-refractivity contribution in [1.29, 1.82) is 0 Å². The number of amides is 2. The summed E-state index contributed by atoms with van der Waals surface area (Å²) in [6.45, 7) is 11.8. The molecule has 2 aromatic rings. The summed E-state index contributed by atoms with van der Waals surface area (Å²) in [4.78, 5) is 28.4. The number of hydrogen-bond acceptors (Lipinski definition) is 7. The number of benzene rings is 1. The lowest BCUT2D eigenvalue weighted by Gasteiger charge is -2.43. The molecule has 5 rings (SSSR count). The Labute approximate surface area is 243 Å². The van der Waals surface area contributed by atoms with E-state index in [-0.39, 0.29) is 48.8 Å². The Balaban J connectivity index is 1.22. The lowest BCUT2D eigenvalue weighted by Crippen LogP contribution is -2.60. The number of carbonyl (C=O) groups excluding carboxylic acids is 2. The molecule has 9 atom stereocenters. The van der Waals surface area contributed by atoms with Gasteiger partial charge in [0, 0.05) is 30.5 Å². The molecule has 3 fully saturated rings. The van der Waals surface area contributed by atoms with Crippen molar-refractivity contribution in [2.45, 2.75) is 111 Å². The summed E-state index contributed by atoms with van der Waals surface area (Å²) < 4.78 is 19.7. The molecule has 1 aromatic carbocycles. The summed E-state index contributed by atoms with van der Waals surface area (Å²) in [5.41, 5.74) is 1.60. The molecule has 41 heavy (non-hydrogen) atoms. The first kappa shape index (κ1) is 29.5. The highest BCUT2D eigenvalue weighted by molar-refractivity contribution is 5.87. The monoisotopic (exact) mass is 567 g/mol. The molecule has 1 N–H and O–H groups in total. The Kier molecular flexibility index (Phi) is 9.28. The number of rotatable bonds is 9. The van der Waals surface area contributed by atoms with Gasteiger partial charge in [0.1, 0.15) is 18.3 Å². The lowest BCUT2D eigenvalue weighted by atomic mass is 9.78. The predicted molar refractivity (Wildman–Crippen MR) is 152 cm³/mol. The lowest BCUT2D eigenvalue weighted by molar-refractivity contribution is -0.253. The quantitative estimate of drug-likeness (QED) is 0.474. The molecular formula is C31H45N5O5. The van der Waals surface area contributed by atoms with E-state index >= 15 is 0 Å². The zero-order chi connectivity index (χ0) is 29.1. The predicted octanol–water partition coefficient (Wildman–Crippen LogP) is 4.53. The summed E-state index contributed by atoms with van der Waals surface area (Å²) in [7, 11) is 0. The summed E-state index contributed by atoms with van der Waals surface area (Å²) in [6.07, 6.45) is 4.87. The van der Waals surface area contributed by atoms with E-state index in [0.29, 0.717) is 30.7 Å². The fraction of sp³-hybridized carbons (Fsp3) is 0.677. The molecular weight excluding hydrogens is 522 g/mol. The van der Waals surface area contributed by atoms with E-state index in [1.165, 1.54) is 0 Å². The highest BCUT2D eigenvalue weighted by Crippen LogP contribution is 2.37. The Morgan fingerprint density at radius 2 is 1.85 bits per heavy atom. The van der Waals surface area contributed by atoms with Crippen molar-refractivity contribution < 1.29 is 23.8 Å². The van der Waals surface area contributed by atoms with E-state index in [4.69, 9.17) is 14.2 Å². The van der Waals surface area contributed by atoms with Gasteiger partial charge in [-0.15, -0.1) is 5.10 Å². The normalized spacial score (nSPS) is 33.4. The Hall–Kier alpha value is -2.98. The van der Waals surface area contributed by atoms with E-state index in [1.54, 1.807) is 4.68 Å². The molecule has 3 saturated heterocycles. The first-order valence-corrected chi connectivity index (χ1v) is 15.2. The number of nitrogens with zero attached hydrogens (tertiary/aromatic N) is 4. The van der Waals surface area contributed by atoms with E-state index < -0.39 is 12.1 Å². The number of nitrogens with one attached hydrogen (secondary N) is 1. The van der Waals surface area contributed by atoms with E-state index in [0.717, 1.165) is 31.2 Å². The van der Waals surface area contributed by atoms with Gasteiger partial charge in [-0.25, -0.2) is 4.79 Å². The van der Waals surface area contributed by atoms with Crippen LogP contribution in [-0.4, -0.2) is 62.4 Å². The van der Waals surface area contributed by atoms with Crippen LogP contribution in [0, 0.1) is 23.7 Å². The molecule has 1 aromatic heterocycles. The minimum atomic E-state index is -0.690. The van der Waals surface area contributed by atoms with Crippen molar-refractivity contribution in [3.05, 3.63) is 47.8 Å². The second-order valence-electron chi connectivity index (χ2n) is 12.3. The van der Waals surface area contributed by atoms with Gasteiger partial charge >= 0.3 is 6.09 Å². The van der Waals surface area contributed by atoms with Crippen molar-refractivity contribution in [2.24, 2.45) is 23.7 Å². The van der Waals surface area contributed by atoms with Crippen LogP contribution in [0.5, 0.6) is 0 Å². The van der Waals surface area contributed by atoms with Crippen LogP contribution in [0.25, 0.3) is 0 Å². The number of ether oxygens (including phenoxy) is 3. The van der Waals surface area contributed by atoms with Gasteiger partial charge in [-0.2, -0.15) is 0 Å². The fourth-order valence-corrected chi connectivity index (χ4v) is 6.85. The van der Waals surface area contributed by atoms with Crippen molar-refractivity contribution >= 4 is 12.0 Å².